The van der Waals surface area contributed by atoms with Gasteiger partial charge < -0.3 is 9.52 Å². The molecule has 1 heterocycles. The number of oxazole rings is 1. The molecule has 1 saturated carbocycles. The molecule has 2 rings (SSSR count). The summed E-state index contributed by atoms with van der Waals surface area (Å²) >= 11 is 0. The molecule has 4 heteroatoms. The lowest BCUT2D eigenvalue weighted by Gasteiger charge is -2.09. The summed E-state index contributed by atoms with van der Waals surface area (Å²) < 4.78 is 5.44. The predicted octanol–water partition coefficient (Wildman–Crippen LogP) is 2.58. The van der Waals surface area contributed by atoms with Gasteiger partial charge in [-0.25, -0.2) is 9.78 Å². The molecule has 0 radical (unpaired) electrons. The van der Waals surface area contributed by atoms with Crippen LogP contribution in [0.15, 0.2) is 4.42 Å². The van der Waals surface area contributed by atoms with Crippen molar-refractivity contribution in [2.75, 3.05) is 0 Å². The Morgan fingerprint density at radius 1 is 1.53 bits per heavy atom. The van der Waals surface area contributed by atoms with Crippen LogP contribution in [0.4, 0.5) is 0 Å². The van der Waals surface area contributed by atoms with Gasteiger partial charge in [0.15, 0.2) is 11.6 Å². The van der Waals surface area contributed by atoms with E-state index in [1.807, 2.05) is 0 Å². The number of carboxylic acid groups (broad SMARTS) is 1. The van der Waals surface area contributed by atoms with E-state index < -0.39 is 5.97 Å². The molecule has 1 aromatic rings. The summed E-state index contributed by atoms with van der Waals surface area (Å²) in [6.45, 7) is 3.82. The molecule has 1 aliphatic rings. The maximum Gasteiger partial charge on any atom is 0.358 e. The summed E-state index contributed by atoms with van der Waals surface area (Å²) in [4.78, 5) is 14.9. The van der Waals surface area contributed by atoms with E-state index in [4.69, 9.17) is 9.52 Å². The molecule has 0 aliphatic heterocycles. The highest BCUT2D eigenvalue weighted by Gasteiger charge is 2.30. The number of rotatable bonds is 2. The third kappa shape index (κ3) is 1.76. The third-order valence-corrected chi connectivity index (χ3v) is 3.19. The minimum Gasteiger partial charge on any atom is -0.476 e. The number of aromatic nitrogens is 1. The topological polar surface area (TPSA) is 63.3 Å². The second-order valence-electron chi connectivity index (χ2n) is 4.28. The Hall–Kier alpha value is -1.32. The number of carbonyl (C=O) groups is 1. The molecule has 1 N–H and O–H groups in total. The summed E-state index contributed by atoms with van der Waals surface area (Å²) in [6, 6.07) is 0. The van der Waals surface area contributed by atoms with E-state index in [-0.39, 0.29) is 5.69 Å². The van der Waals surface area contributed by atoms with Crippen LogP contribution in [0, 0.1) is 12.8 Å². The number of carboxylic acids is 1. The largest absolute Gasteiger partial charge is 0.476 e. The Morgan fingerprint density at radius 3 is 2.73 bits per heavy atom. The Morgan fingerprint density at radius 2 is 2.27 bits per heavy atom. The molecule has 1 aliphatic carbocycles. The van der Waals surface area contributed by atoms with Crippen molar-refractivity contribution in [3.8, 4) is 0 Å². The van der Waals surface area contributed by atoms with E-state index in [2.05, 4.69) is 11.9 Å². The number of aromatic carboxylic acids is 1. The summed E-state index contributed by atoms with van der Waals surface area (Å²) in [5, 5.41) is 8.87. The Balaban J connectivity index is 2.29. The zero-order chi connectivity index (χ0) is 11.0. The van der Waals surface area contributed by atoms with Crippen molar-refractivity contribution >= 4 is 5.97 Å². The maximum absolute atomic E-state index is 10.8. The molecule has 2 unspecified atom stereocenters. The van der Waals surface area contributed by atoms with Crippen molar-refractivity contribution < 1.29 is 14.3 Å². The van der Waals surface area contributed by atoms with Crippen molar-refractivity contribution in [3.05, 3.63) is 17.3 Å². The number of hydrogen-bond acceptors (Lipinski definition) is 3. The minimum absolute atomic E-state index is 0.0594. The van der Waals surface area contributed by atoms with Crippen LogP contribution in [0.5, 0.6) is 0 Å². The number of aryl methyl sites for hydroxylation is 1. The van der Waals surface area contributed by atoms with E-state index in [9.17, 15) is 4.79 Å². The lowest BCUT2D eigenvalue weighted by atomic mass is 9.98. The fourth-order valence-electron chi connectivity index (χ4n) is 2.29. The first-order chi connectivity index (χ1) is 7.09. The smallest absolute Gasteiger partial charge is 0.358 e. The molecule has 0 aromatic carbocycles. The first-order valence-electron chi connectivity index (χ1n) is 5.30. The number of hydrogen-bond donors (Lipinski definition) is 1. The molecule has 0 amide bonds. The highest BCUT2D eigenvalue weighted by atomic mass is 16.4. The zero-order valence-corrected chi connectivity index (χ0v) is 8.99. The van der Waals surface area contributed by atoms with Crippen LogP contribution in [0.1, 0.15) is 54.2 Å². The van der Waals surface area contributed by atoms with E-state index in [0.717, 1.165) is 6.42 Å². The van der Waals surface area contributed by atoms with Gasteiger partial charge in [0.1, 0.15) is 5.76 Å². The molecule has 0 bridgehead atoms. The average Bonchev–Trinajstić information content (AvgIpc) is 2.71. The van der Waals surface area contributed by atoms with E-state index in [0.29, 0.717) is 23.5 Å². The average molecular weight is 209 g/mol. The van der Waals surface area contributed by atoms with E-state index in [1.54, 1.807) is 6.92 Å². The van der Waals surface area contributed by atoms with Crippen LogP contribution in [-0.4, -0.2) is 16.1 Å². The first-order valence-corrected chi connectivity index (χ1v) is 5.30. The fourth-order valence-corrected chi connectivity index (χ4v) is 2.29. The van der Waals surface area contributed by atoms with Gasteiger partial charge in [-0.1, -0.05) is 13.3 Å². The molecular formula is C11H15NO3. The van der Waals surface area contributed by atoms with Gasteiger partial charge in [0.25, 0.3) is 0 Å². The molecule has 2 atom stereocenters. The van der Waals surface area contributed by atoms with E-state index in [1.165, 1.54) is 12.8 Å². The van der Waals surface area contributed by atoms with Gasteiger partial charge >= 0.3 is 5.97 Å². The fraction of sp³-hybridized carbons (Fsp3) is 0.636. The lowest BCUT2D eigenvalue weighted by molar-refractivity contribution is 0.0689. The molecule has 0 saturated heterocycles. The molecule has 1 aromatic heterocycles. The molecule has 15 heavy (non-hydrogen) atoms. The van der Waals surface area contributed by atoms with Gasteiger partial charge in [0.2, 0.25) is 0 Å². The van der Waals surface area contributed by atoms with Gasteiger partial charge in [0.05, 0.1) is 0 Å². The third-order valence-electron chi connectivity index (χ3n) is 3.19. The highest BCUT2D eigenvalue weighted by molar-refractivity contribution is 5.86. The van der Waals surface area contributed by atoms with Crippen molar-refractivity contribution in [1.29, 1.82) is 0 Å². The molecule has 1 fully saturated rings. The lowest BCUT2D eigenvalue weighted by Crippen LogP contribution is -2.04. The Bertz CT molecular complexity index is 383. The van der Waals surface area contributed by atoms with Crippen LogP contribution < -0.4 is 0 Å². The predicted molar refractivity (Wildman–Crippen MR) is 54.0 cm³/mol. The molecule has 0 spiro atoms. The summed E-state index contributed by atoms with van der Waals surface area (Å²) in [7, 11) is 0. The Kier molecular flexibility index (Phi) is 2.50. The highest BCUT2D eigenvalue weighted by Crippen LogP contribution is 2.39. The minimum atomic E-state index is -1.01. The monoisotopic (exact) mass is 209 g/mol. The van der Waals surface area contributed by atoms with Crippen LogP contribution in [0.25, 0.3) is 0 Å². The zero-order valence-electron chi connectivity index (χ0n) is 8.99. The van der Waals surface area contributed by atoms with Crippen LogP contribution in [-0.2, 0) is 0 Å². The molecule has 4 nitrogen and oxygen atoms in total. The molecular weight excluding hydrogens is 194 g/mol. The van der Waals surface area contributed by atoms with Crippen molar-refractivity contribution in [3.63, 3.8) is 0 Å². The van der Waals surface area contributed by atoms with Crippen LogP contribution >= 0.6 is 0 Å². The van der Waals surface area contributed by atoms with Gasteiger partial charge in [-0.3, -0.25) is 0 Å². The number of nitrogens with zero attached hydrogens (tertiary/aromatic N) is 1. The van der Waals surface area contributed by atoms with Gasteiger partial charge in [-0.15, -0.1) is 0 Å². The first kappa shape index (κ1) is 10.2. The van der Waals surface area contributed by atoms with Crippen LogP contribution in [0.2, 0.25) is 0 Å². The second kappa shape index (κ2) is 3.68. The van der Waals surface area contributed by atoms with Gasteiger partial charge in [-0.2, -0.15) is 0 Å². The SMILES string of the molecule is Cc1oc(C2CCCC2C)nc1C(=O)O. The maximum atomic E-state index is 10.8. The molecule has 82 valence electrons. The van der Waals surface area contributed by atoms with Crippen LogP contribution in [0.3, 0.4) is 0 Å². The van der Waals surface area contributed by atoms with E-state index >= 15 is 0 Å². The second-order valence-corrected chi connectivity index (χ2v) is 4.28. The summed E-state index contributed by atoms with van der Waals surface area (Å²) in [6.07, 6.45) is 3.41. The van der Waals surface area contributed by atoms with Gasteiger partial charge in [0, 0.05) is 5.92 Å². The van der Waals surface area contributed by atoms with Crippen molar-refractivity contribution in [1.82, 2.24) is 4.98 Å². The Labute approximate surface area is 88.3 Å². The van der Waals surface area contributed by atoms with Crippen molar-refractivity contribution in [2.45, 2.75) is 39.0 Å². The normalized spacial score (nSPS) is 25.7. The van der Waals surface area contributed by atoms with Gasteiger partial charge in [-0.05, 0) is 25.7 Å². The van der Waals surface area contributed by atoms with Crippen molar-refractivity contribution in [2.24, 2.45) is 5.92 Å². The summed E-state index contributed by atoms with van der Waals surface area (Å²) in [5.41, 5.74) is 0.0594. The quantitative estimate of drug-likeness (QED) is 0.813. The summed E-state index contributed by atoms with van der Waals surface area (Å²) in [5.74, 6) is 0.862. The standard InChI is InChI=1S/C11H15NO3/c1-6-4-3-5-8(6)10-12-9(11(13)14)7(2)15-10/h6,8H,3-5H2,1-2H3,(H,13,14).